The minimum absolute atomic E-state index is 0.216. The molecule has 5 heteroatoms. The largest absolute Gasteiger partial charge is 0.478 e. The number of carbonyl (C=O) groups excluding carboxylic acids is 1. The average molecular weight is 248 g/mol. The molecule has 1 heterocycles. The lowest BCUT2D eigenvalue weighted by atomic mass is 10.1. The summed E-state index contributed by atoms with van der Waals surface area (Å²) in [6, 6.07) is 4.72. The Balaban J connectivity index is 2.46. The zero-order chi connectivity index (χ0) is 13.3. The summed E-state index contributed by atoms with van der Waals surface area (Å²) in [6.07, 6.45) is 1.53. The van der Waals surface area contributed by atoms with Gasteiger partial charge in [-0.3, -0.25) is 4.79 Å². The van der Waals surface area contributed by atoms with Gasteiger partial charge in [0, 0.05) is 6.54 Å². The number of nitrogens with zero attached hydrogens (tertiary/aromatic N) is 1. The van der Waals surface area contributed by atoms with E-state index in [1.807, 2.05) is 6.92 Å². The number of primary amides is 1. The Labute approximate surface area is 105 Å². The molecule has 1 aliphatic rings. The highest BCUT2D eigenvalue weighted by Crippen LogP contribution is 2.29. The third-order valence-corrected chi connectivity index (χ3v) is 3.27. The van der Waals surface area contributed by atoms with Gasteiger partial charge < -0.3 is 15.7 Å². The number of aromatic carboxylic acids is 1. The third-order valence-electron chi connectivity index (χ3n) is 3.27. The molecule has 18 heavy (non-hydrogen) atoms. The number of anilines is 1. The van der Waals surface area contributed by atoms with Gasteiger partial charge in [0.1, 0.15) is 6.04 Å². The van der Waals surface area contributed by atoms with Crippen molar-refractivity contribution >= 4 is 17.6 Å². The van der Waals surface area contributed by atoms with Gasteiger partial charge in [-0.05, 0) is 37.5 Å². The Morgan fingerprint density at radius 1 is 1.44 bits per heavy atom. The van der Waals surface area contributed by atoms with Gasteiger partial charge in [0.2, 0.25) is 5.91 Å². The van der Waals surface area contributed by atoms with Crippen LogP contribution in [0.5, 0.6) is 0 Å². The molecule has 0 bridgehead atoms. The number of benzene rings is 1. The van der Waals surface area contributed by atoms with Crippen molar-refractivity contribution in [1.82, 2.24) is 0 Å². The number of aryl methyl sites for hydroxylation is 1. The molecule has 0 spiro atoms. The van der Waals surface area contributed by atoms with Crippen LogP contribution in [0, 0.1) is 6.92 Å². The number of carboxylic acids is 1. The van der Waals surface area contributed by atoms with Gasteiger partial charge in [0.15, 0.2) is 0 Å². The Morgan fingerprint density at radius 2 is 2.17 bits per heavy atom. The van der Waals surface area contributed by atoms with Crippen LogP contribution in [0.3, 0.4) is 0 Å². The molecule has 0 aromatic heterocycles. The molecule has 1 unspecified atom stereocenters. The molecule has 3 N–H and O–H groups in total. The molecule has 1 amide bonds. The second-order valence-corrected chi connectivity index (χ2v) is 4.58. The highest BCUT2D eigenvalue weighted by molar-refractivity contribution is 5.96. The van der Waals surface area contributed by atoms with E-state index in [0.717, 1.165) is 12.0 Å². The van der Waals surface area contributed by atoms with Gasteiger partial charge in [-0.1, -0.05) is 6.07 Å². The van der Waals surface area contributed by atoms with E-state index in [0.29, 0.717) is 18.7 Å². The summed E-state index contributed by atoms with van der Waals surface area (Å²) in [5, 5.41) is 9.20. The van der Waals surface area contributed by atoms with Crippen molar-refractivity contribution in [2.45, 2.75) is 25.8 Å². The molecule has 1 saturated heterocycles. The lowest BCUT2D eigenvalue weighted by Gasteiger charge is -2.26. The topological polar surface area (TPSA) is 83.6 Å². The van der Waals surface area contributed by atoms with Crippen molar-refractivity contribution in [3.63, 3.8) is 0 Å². The second kappa shape index (κ2) is 4.68. The predicted molar refractivity (Wildman–Crippen MR) is 67.7 cm³/mol. The number of nitrogens with two attached hydrogens (primary N) is 1. The second-order valence-electron chi connectivity index (χ2n) is 4.58. The molecule has 2 rings (SSSR count). The van der Waals surface area contributed by atoms with E-state index in [4.69, 9.17) is 5.73 Å². The van der Waals surface area contributed by atoms with Crippen LogP contribution in [0.2, 0.25) is 0 Å². The predicted octanol–water partition coefficient (Wildman–Crippen LogP) is 1.15. The minimum atomic E-state index is -0.986. The van der Waals surface area contributed by atoms with E-state index in [1.165, 1.54) is 0 Å². The van der Waals surface area contributed by atoms with Crippen LogP contribution in [0.25, 0.3) is 0 Å². The maximum atomic E-state index is 11.4. The normalized spacial score (nSPS) is 18.9. The molecular formula is C13H16N2O3. The van der Waals surface area contributed by atoms with E-state index in [-0.39, 0.29) is 5.56 Å². The van der Waals surface area contributed by atoms with Crippen LogP contribution in [0.4, 0.5) is 5.69 Å². The van der Waals surface area contributed by atoms with Crippen molar-refractivity contribution in [2.24, 2.45) is 5.73 Å². The minimum Gasteiger partial charge on any atom is -0.478 e. The summed E-state index contributed by atoms with van der Waals surface area (Å²) in [7, 11) is 0. The zero-order valence-electron chi connectivity index (χ0n) is 10.2. The van der Waals surface area contributed by atoms with Crippen LogP contribution < -0.4 is 10.6 Å². The van der Waals surface area contributed by atoms with Crippen LogP contribution in [-0.2, 0) is 4.79 Å². The SMILES string of the molecule is Cc1ccc(C(=O)O)c(N2CCCC2C(N)=O)c1. The van der Waals surface area contributed by atoms with E-state index >= 15 is 0 Å². The summed E-state index contributed by atoms with van der Waals surface area (Å²) < 4.78 is 0. The summed E-state index contributed by atoms with van der Waals surface area (Å²) in [6.45, 7) is 2.56. The fraction of sp³-hybridized carbons (Fsp3) is 0.385. The molecule has 1 aliphatic heterocycles. The molecule has 1 fully saturated rings. The number of carbonyl (C=O) groups is 2. The van der Waals surface area contributed by atoms with Crippen LogP contribution in [0.15, 0.2) is 18.2 Å². The number of hydrogen-bond donors (Lipinski definition) is 2. The fourth-order valence-electron chi connectivity index (χ4n) is 2.41. The summed E-state index contributed by atoms with van der Waals surface area (Å²) >= 11 is 0. The van der Waals surface area contributed by atoms with Gasteiger partial charge >= 0.3 is 5.97 Å². The Hall–Kier alpha value is -2.04. The third kappa shape index (κ3) is 2.16. The van der Waals surface area contributed by atoms with Crippen LogP contribution in [0.1, 0.15) is 28.8 Å². The number of hydrogen-bond acceptors (Lipinski definition) is 3. The standard InChI is InChI=1S/C13H16N2O3/c1-8-4-5-9(13(17)18)11(7-8)15-6-2-3-10(15)12(14)16/h4-5,7,10H,2-3,6H2,1H3,(H2,14,16)(H,17,18). The highest BCUT2D eigenvalue weighted by Gasteiger charge is 2.31. The maximum Gasteiger partial charge on any atom is 0.337 e. The Kier molecular flexibility index (Phi) is 3.23. The molecule has 5 nitrogen and oxygen atoms in total. The van der Waals surface area contributed by atoms with Crippen molar-refractivity contribution in [3.05, 3.63) is 29.3 Å². The lowest BCUT2D eigenvalue weighted by molar-refractivity contribution is -0.119. The van der Waals surface area contributed by atoms with E-state index in [2.05, 4.69) is 0 Å². The van der Waals surface area contributed by atoms with Gasteiger partial charge in [0.25, 0.3) is 0 Å². The molecule has 96 valence electrons. The smallest absolute Gasteiger partial charge is 0.337 e. The van der Waals surface area contributed by atoms with Gasteiger partial charge in [-0.25, -0.2) is 4.79 Å². The lowest BCUT2D eigenvalue weighted by Crippen LogP contribution is -2.41. The summed E-state index contributed by atoms with van der Waals surface area (Å²) in [5.41, 5.74) is 7.13. The monoisotopic (exact) mass is 248 g/mol. The molecular weight excluding hydrogens is 232 g/mol. The Bertz CT molecular complexity index is 499. The number of rotatable bonds is 3. The van der Waals surface area contributed by atoms with Crippen LogP contribution in [-0.4, -0.2) is 29.6 Å². The quantitative estimate of drug-likeness (QED) is 0.840. The van der Waals surface area contributed by atoms with Gasteiger partial charge in [-0.2, -0.15) is 0 Å². The van der Waals surface area contributed by atoms with Crippen LogP contribution >= 0.6 is 0 Å². The molecule has 1 aromatic rings. The summed E-state index contributed by atoms with van der Waals surface area (Å²) in [4.78, 5) is 24.4. The molecule has 0 saturated carbocycles. The van der Waals surface area contributed by atoms with Crippen molar-refractivity contribution in [3.8, 4) is 0 Å². The Morgan fingerprint density at radius 3 is 2.78 bits per heavy atom. The summed E-state index contributed by atoms with van der Waals surface area (Å²) in [5.74, 6) is -1.38. The zero-order valence-corrected chi connectivity index (χ0v) is 10.2. The number of carboxylic acid groups (broad SMARTS) is 1. The van der Waals surface area contributed by atoms with Gasteiger partial charge in [0.05, 0.1) is 11.3 Å². The highest BCUT2D eigenvalue weighted by atomic mass is 16.4. The molecule has 1 atom stereocenters. The first kappa shape index (κ1) is 12.4. The molecule has 0 aliphatic carbocycles. The van der Waals surface area contributed by atoms with E-state index < -0.39 is 17.9 Å². The maximum absolute atomic E-state index is 11.4. The first-order chi connectivity index (χ1) is 8.50. The van der Waals surface area contributed by atoms with Crippen molar-refractivity contribution < 1.29 is 14.7 Å². The fourth-order valence-corrected chi connectivity index (χ4v) is 2.41. The van der Waals surface area contributed by atoms with Gasteiger partial charge in [-0.15, -0.1) is 0 Å². The van der Waals surface area contributed by atoms with E-state index in [1.54, 1.807) is 23.1 Å². The first-order valence-corrected chi connectivity index (χ1v) is 5.90. The average Bonchev–Trinajstić information content (AvgIpc) is 2.77. The van der Waals surface area contributed by atoms with E-state index in [9.17, 15) is 14.7 Å². The molecule has 0 radical (unpaired) electrons. The number of amides is 1. The van der Waals surface area contributed by atoms with Crippen molar-refractivity contribution in [1.29, 1.82) is 0 Å². The first-order valence-electron chi connectivity index (χ1n) is 5.90. The van der Waals surface area contributed by atoms with Crippen molar-refractivity contribution in [2.75, 3.05) is 11.4 Å². The molecule has 1 aromatic carbocycles.